The second kappa shape index (κ2) is 9.10. The van der Waals surface area contributed by atoms with Crippen LogP contribution < -0.4 is 10.6 Å². The summed E-state index contributed by atoms with van der Waals surface area (Å²) in [5, 5.41) is 15.1. The molecule has 0 aromatic heterocycles. The van der Waals surface area contributed by atoms with Crippen LogP contribution >= 0.6 is 11.8 Å². The number of aliphatic hydroxyl groups excluding tert-OH is 1. The number of carbonyl (C=O) groups excluding carboxylic acids is 2. The summed E-state index contributed by atoms with van der Waals surface area (Å²) in [6.07, 6.45) is 1.60. The number of nitrogens with one attached hydrogen (secondary N) is 2. The van der Waals surface area contributed by atoms with Gasteiger partial charge in [0, 0.05) is 17.1 Å². The van der Waals surface area contributed by atoms with Gasteiger partial charge in [-0.05, 0) is 36.4 Å². The Morgan fingerprint density at radius 1 is 1.08 bits per heavy atom. The number of hydrogen-bond donors (Lipinski definition) is 3. The van der Waals surface area contributed by atoms with Gasteiger partial charge in [-0.3, -0.25) is 9.59 Å². The van der Waals surface area contributed by atoms with Gasteiger partial charge in [-0.25, -0.2) is 0 Å². The predicted octanol–water partition coefficient (Wildman–Crippen LogP) is 2.59. The molecule has 0 aliphatic heterocycles. The first-order chi connectivity index (χ1) is 11.6. The van der Waals surface area contributed by atoms with Crippen molar-refractivity contribution in [1.82, 2.24) is 5.32 Å². The first kappa shape index (κ1) is 18.0. The van der Waals surface area contributed by atoms with Crippen LogP contribution in [0.25, 0.3) is 0 Å². The molecule has 1 unspecified atom stereocenters. The first-order valence-electron chi connectivity index (χ1n) is 7.56. The van der Waals surface area contributed by atoms with Crippen molar-refractivity contribution in [3.05, 3.63) is 60.2 Å². The van der Waals surface area contributed by atoms with Crippen LogP contribution in [0.15, 0.2) is 59.5 Å². The van der Waals surface area contributed by atoms with Crippen LogP contribution in [0.3, 0.4) is 0 Å². The van der Waals surface area contributed by atoms with E-state index in [0.29, 0.717) is 12.1 Å². The van der Waals surface area contributed by atoms with Crippen molar-refractivity contribution in [3.8, 4) is 0 Å². The van der Waals surface area contributed by atoms with Crippen molar-refractivity contribution in [3.63, 3.8) is 0 Å². The molecule has 0 saturated carbocycles. The zero-order valence-corrected chi connectivity index (χ0v) is 14.2. The number of rotatable bonds is 6. The highest BCUT2D eigenvalue weighted by atomic mass is 32.2. The molecule has 2 rings (SSSR count). The fourth-order valence-electron chi connectivity index (χ4n) is 2.13. The molecule has 0 spiro atoms. The topological polar surface area (TPSA) is 78.4 Å². The van der Waals surface area contributed by atoms with E-state index in [1.807, 2.05) is 48.7 Å². The molecule has 5 nitrogen and oxygen atoms in total. The number of amides is 2. The van der Waals surface area contributed by atoms with E-state index in [2.05, 4.69) is 10.6 Å². The van der Waals surface area contributed by atoms with Gasteiger partial charge in [0.05, 0.1) is 6.10 Å². The lowest BCUT2D eigenvalue weighted by Gasteiger charge is -2.11. The van der Waals surface area contributed by atoms with Gasteiger partial charge >= 0.3 is 11.8 Å². The summed E-state index contributed by atoms with van der Waals surface area (Å²) in [6, 6.07) is 16.4. The normalized spacial score (nSPS) is 11.6. The van der Waals surface area contributed by atoms with Gasteiger partial charge in [-0.1, -0.05) is 36.4 Å². The fraction of sp³-hybridized carbons (Fsp3) is 0.222. The van der Waals surface area contributed by atoms with Crippen LogP contribution in [-0.4, -0.2) is 29.7 Å². The Morgan fingerprint density at radius 3 is 2.54 bits per heavy atom. The first-order valence-corrected chi connectivity index (χ1v) is 8.79. The highest BCUT2D eigenvalue weighted by molar-refractivity contribution is 7.98. The molecule has 6 heteroatoms. The van der Waals surface area contributed by atoms with E-state index in [1.165, 1.54) is 0 Å². The molecule has 0 fully saturated rings. The number of anilines is 1. The summed E-state index contributed by atoms with van der Waals surface area (Å²) in [5.41, 5.74) is 1.36. The minimum atomic E-state index is -0.720. The molecular formula is C18H20N2O3S. The minimum Gasteiger partial charge on any atom is -0.388 e. The molecule has 3 N–H and O–H groups in total. The van der Waals surface area contributed by atoms with Crippen molar-refractivity contribution in [2.24, 2.45) is 0 Å². The molecule has 2 amide bonds. The quantitative estimate of drug-likeness (QED) is 0.556. The third-order valence-electron chi connectivity index (χ3n) is 3.42. The van der Waals surface area contributed by atoms with Crippen molar-refractivity contribution in [2.45, 2.75) is 17.4 Å². The Morgan fingerprint density at radius 2 is 1.83 bits per heavy atom. The van der Waals surface area contributed by atoms with Crippen molar-refractivity contribution in [1.29, 1.82) is 0 Å². The lowest BCUT2D eigenvalue weighted by atomic mass is 10.1. The number of thioether (sulfide) groups is 1. The Labute approximate surface area is 145 Å². The summed E-state index contributed by atoms with van der Waals surface area (Å²) < 4.78 is 0. The van der Waals surface area contributed by atoms with E-state index in [0.717, 1.165) is 10.5 Å². The van der Waals surface area contributed by atoms with Crippen LogP contribution in [0.5, 0.6) is 0 Å². The van der Waals surface area contributed by atoms with Gasteiger partial charge in [-0.15, -0.1) is 11.8 Å². The van der Waals surface area contributed by atoms with E-state index in [1.54, 1.807) is 23.9 Å². The monoisotopic (exact) mass is 344 g/mol. The summed E-state index contributed by atoms with van der Waals surface area (Å²) >= 11 is 1.55. The maximum atomic E-state index is 11.9. The van der Waals surface area contributed by atoms with Crippen LogP contribution in [-0.2, 0) is 9.59 Å². The maximum Gasteiger partial charge on any atom is 0.313 e. The summed E-state index contributed by atoms with van der Waals surface area (Å²) in [5.74, 6) is -1.44. The lowest BCUT2D eigenvalue weighted by molar-refractivity contribution is -0.136. The van der Waals surface area contributed by atoms with Crippen LogP contribution in [0.1, 0.15) is 18.1 Å². The highest BCUT2D eigenvalue weighted by Gasteiger charge is 2.14. The highest BCUT2D eigenvalue weighted by Crippen LogP contribution is 2.19. The molecule has 1 atom stereocenters. The summed E-state index contributed by atoms with van der Waals surface area (Å²) in [4.78, 5) is 24.7. The maximum absolute atomic E-state index is 11.9. The molecule has 24 heavy (non-hydrogen) atoms. The lowest BCUT2D eigenvalue weighted by Crippen LogP contribution is -2.36. The van der Waals surface area contributed by atoms with Crippen LogP contribution in [0.2, 0.25) is 0 Å². The zero-order chi connectivity index (χ0) is 17.4. The third-order valence-corrected chi connectivity index (χ3v) is 4.15. The minimum absolute atomic E-state index is 0.215. The van der Waals surface area contributed by atoms with Crippen LogP contribution in [0, 0.1) is 0 Å². The molecule has 0 bridgehead atoms. The van der Waals surface area contributed by atoms with E-state index in [-0.39, 0.29) is 6.54 Å². The van der Waals surface area contributed by atoms with Crippen molar-refractivity contribution >= 4 is 29.3 Å². The van der Waals surface area contributed by atoms with E-state index in [4.69, 9.17) is 0 Å². The Bertz CT molecular complexity index is 692. The second-order valence-electron chi connectivity index (χ2n) is 5.16. The number of carbonyl (C=O) groups is 2. The molecule has 0 saturated heterocycles. The number of aliphatic hydroxyl groups is 1. The van der Waals surface area contributed by atoms with E-state index in [9.17, 15) is 14.7 Å². The number of benzene rings is 2. The average molecular weight is 344 g/mol. The largest absolute Gasteiger partial charge is 0.388 e. The molecular weight excluding hydrogens is 324 g/mol. The van der Waals surface area contributed by atoms with Crippen molar-refractivity contribution < 1.29 is 14.7 Å². The molecule has 0 aliphatic rings. The Balaban J connectivity index is 1.78. The molecule has 126 valence electrons. The van der Waals surface area contributed by atoms with Gasteiger partial charge in [0.15, 0.2) is 0 Å². The molecule has 2 aromatic rings. The molecule has 0 heterocycles. The van der Waals surface area contributed by atoms with Gasteiger partial charge in [0.25, 0.3) is 0 Å². The smallest absolute Gasteiger partial charge is 0.313 e. The Kier molecular flexibility index (Phi) is 6.84. The summed E-state index contributed by atoms with van der Waals surface area (Å²) in [7, 11) is 0. The predicted molar refractivity (Wildman–Crippen MR) is 95.9 cm³/mol. The molecule has 0 aliphatic carbocycles. The van der Waals surface area contributed by atoms with E-state index >= 15 is 0 Å². The number of hydrogen-bond acceptors (Lipinski definition) is 4. The van der Waals surface area contributed by atoms with E-state index < -0.39 is 17.9 Å². The van der Waals surface area contributed by atoms with Gasteiger partial charge in [0.2, 0.25) is 0 Å². The Hall–Kier alpha value is -2.31. The summed E-state index contributed by atoms with van der Waals surface area (Å²) in [6.45, 7) is 0.215. The zero-order valence-electron chi connectivity index (χ0n) is 13.4. The van der Waals surface area contributed by atoms with Crippen molar-refractivity contribution in [2.75, 3.05) is 18.1 Å². The third kappa shape index (κ3) is 5.40. The van der Waals surface area contributed by atoms with Gasteiger partial charge in [-0.2, -0.15) is 0 Å². The molecule has 0 radical (unpaired) electrons. The van der Waals surface area contributed by atoms with Crippen LogP contribution in [0.4, 0.5) is 5.69 Å². The second-order valence-corrected chi connectivity index (χ2v) is 6.04. The standard InChI is InChI=1S/C18H20N2O3S/c1-24-15-9-5-8-14(12-15)20-18(23)17(22)19-11-10-16(21)13-6-3-2-4-7-13/h2-9,12,16,21H,10-11H2,1H3,(H,19,22)(H,20,23). The van der Waals surface area contributed by atoms with Gasteiger partial charge in [0.1, 0.15) is 0 Å². The van der Waals surface area contributed by atoms with Gasteiger partial charge < -0.3 is 15.7 Å². The average Bonchev–Trinajstić information content (AvgIpc) is 2.62. The fourth-order valence-corrected chi connectivity index (χ4v) is 2.59. The molecule has 2 aromatic carbocycles. The SMILES string of the molecule is CSc1cccc(NC(=O)C(=O)NCCC(O)c2ccccc2)c1.